The van der Waals surface area contributed by atoms with Gasteiger partial charge < -0.3 is 4.98 Å². The Morgan fingerprint density at radius 3 is 2.77 bits per heavy atom. The smallest absolute Gasteiger partial charge is 0.159 e. The summed E-state index contributed by atoms with van der Waals surface area (Å²) in [6.45, 7) is 4.65. The van der Waals surface area contributed by atoms with Crippen molar-refractivity contribution in [3.05, 3.63) is 70.9 Å². The summed E-state index contributed by atoms with van der Waals surface area (Å²) in [5, 5.41) is 1.31. The third kappa shape index (κ3) is 1.32. The minimum absolute atomic E-state index is 0.0601. The van der Waals surface area contributed by atoms with Gasteiger partial charge in [-0.05, 0) is 34.4 Å². The van der Waals surface area contributed by atoms with Crippen molar-refractivity contribution in [1.29, 1.82) is 0 Å². The molecule has 1 N–H and O–H groups in total. The maximum atomic E-state index is 3.53. The van der Waals surface area contributed by atoms with Gasteiger partial charge in [0.05, 0.1) is 11.6 Å². The molecule has 3 aromatic rings. The van der Waals surface area contributed by atoms with Crippen molar-refractivity contribution in [2.24, 2.45) is 0 Å². The Kier molecular flexibility index (Phi) is 2.05. The number of hydrogen-bond donors (Lipinski definition) is 1. The maximum absolute atomic E-state index is 3.53. The monoisotopic (exact) mass is 282 g/mol. The van der Waals surface area contributed by atoms with E-state index < -0.39 is 0 Å². The van der Waals surface area contributed by atoms with E-state index >= 15 is 0 Å². The number of benzene rings is 2. The van der Waals surface area contributed by atoms with Crippen LogP contribution in [0, 0.1) is 6.08 Å². The van der Waals surface area contributed by atoms with Crippen molar-refractivity contribution in [2.45, 2.75) is 19.3 Å². The molecule has 1 heterocycles. The van der Waals surface area contributed by atoms with E-state index in [1.54, 1.807) is 0 Å². The minimum atomic E-state index is 0.0601. The average Bonchev–Trinajstić information content (AvgIpc) is 3.00. The normalized spacial score (nSPS) is 16.3. The molecule has 5 rings (SSSR count). The SMILES string of the molecule is CC1(C)c2ccccc2-c2cc3[nH]c4c(c3cc21)C=C[C+]=C4. The first kappa shape index (κ1) is 12.0. The quantitative estimate of drug-likeness (QED) is 0.537. The molecule has 104 valence electrons. The zero-order valence-corrected chi connectivity index (χ0v) is 12.7. The highest BCUT2D eigenvalue weighted by atomic mass is 14.7. The van der Waals surface area contributed by atoms with Crippen LogP contribution in [0.2, 0.25) is 0 Å². The van der Waals surface area contributed by atoms with Crippen LogP contribution in [0.1, 0.15) is 36.2 Å². The van der Waals surface area contributed by atoms with Gasteiger partial charge in [0.2, 0.25) is 0 Å². The molecular weight excluding hydrogens is 266 g/mol. The van der Waals surface area contributed by atoms with Gasteiger partial charge in [-0.15, -0.1) is 0 Å². The number of fused-ring (bicyclic) bond motifs is 6. The van der Waals surface area contributed by atoms with Crippen LogP contribution < -0.4 is 0 Å². The fourth-order valence-electron chi connectivity index (χ4n) is 3.99. The summed E-state index contributed by atoms with van der Waals surface area (Å²) in [6, 6.07) is 13.5. The molecule has 2 aromatic carbocycles. The first-order valence-corrected chi connectivity index (χ1v) is 7.72. The Hall–Kier alpha value is -2.63. The molecule has 0 spiro atoms. The van der Waals surface area contributed by atoms with Crippen LogP contribution in [0.5, 0.6) is 0 Å². The van der Waals surface area contributed by atoms with Gasteiger partial charge in [-0.1, -0.05) is 38.1 Å². The van der Waals surface area contributed by atoms with Gasteiger partial charge in [0.25, 0.3) is 0 Å². The highest BCUT2D eigenvalue weighted by Crippen LogP contribution is 2.50. The number of allylic oxidation sites excluding steroid dienone is 2. The van der Waals surface area contributed by atoms with Gasteiger partial charge in [-0.2, -0.15) is 0 Å². The standard InChI is InChI=1S/C21H16N/c1-21(2)17-9-5-3-7-13(17)15-12-20-16(11-18(15)21)14-8-4-6-10-19(14)22-20/h3-5,7-12,22H,1-2H3/q+1. The van der Waals surface area contributed by atoms with E-state index in [1.165, 1.54) is 38.7 Å². The molecule has 0 radical (unpaired) electrons. The average molecular weight is 282 g/mol. The van der Waals surface area contributed by atoms with Crippen LogP contribution in [-0.2, 0) is 5.41 Å². The zero-order chi connectivity index (χ0) is 14.9. The lowest BCUT2D eigenvalue weighted by molar-refractivity contribution is 0.661. The second-order valence-electron chi connectivity index (χ2n) is 6.71. The lowest BCUT2D eigenvalue weighted by Crippen LogP contribution is -2.14. The molecule has 2 aliphatic rings. The molecule has 1 nitrogen and oxygen atoms in total. The van der Waals surface area contributed by atoms with E-state index in [0.717, 1.165) is 5.69 Å². The van der Waals surface area contributed by atoms with E-state index in [1.807, 2.05) is 12.2 Å². The largest absolute Gasteiger partial charge is 0.301 e. The summed E-state index contributed by atoms with van der Waals surface area (Å²) in [7, 11) is 0. The maximum Gasteiger partial charge on any atom is 0.159 e. The van der Waals surface area contributed by atoms with E-state index in [0.29, 0.717) is 0 Å². The molecule has 0 amide bonds. The molecule has 0 bridgehead atoms. The highest BCUT2D eigenvalue weighted by Gasteiger charge is 2.36. The predicted octanol–water partition coefficient (Wildman–Crippen LogP) is 5.32. The summed E-state index contributed by atoms with van der Waals surface area (Å²) in [5.41, 5.74) is 9.30. The number of nitrogens with one attached hydrogen (secondary N) is 1. The van der Waals surface area contributed by atoms with Crippen LogP contribution in [0.3, 0.4) is 0 Å². The van der Waals surface area contributed by atoms with Crippen LogP contribution in [0.15, 0.2) is 42.5 Å². The summed E-state index contributed by atoms with van der Waals surface area (Å²) in [6.07, 6.45) is 9.32. The first-order valence-electron chi connectivity index (χ1n) is 7.72. The number of rotatable bonds is 0. The first-order chi connectivity index (χ1) is 10.7. The number of aromatic nitrogens is 1. The lowest BCUT2D eigenvalue weighted by atomic mass is 9.82. The van der Waals surface area contributed by atoms with Crippen molar-refractivity contribution in [3.8, 4) is 11.1 Å². The van der Waals surface area contributed by atoms with Crippen molar-refractivity contribution < 1.29 is 0 Å². The van der Waals surface area contributed by atoms with Crippen LogP contribution in [0.25, 0.3) is 34.2 Å². The van der Waals surface area contributed by atoms with Gasteiger partial charge in [0.15, 0.2) is 5.69 Å². The molecule has 0 saturated carbocycles. The third-order valence-corrected chi connectivity index (χ3v) is 5.15. The Labute approximate surface area is 130 Å². The van der Waals surface area contributed by atoms with Crippen molar-refractivity contribution in [2.75, 3.05) is 0 Å². The third-order valence-electron chi connectivity index (χ3n) is 5.15. The van der Waals surface area contributed by atoms with Crippen molar-refractivity contribution in [1.82, 2.24) is 4.98 Å². The predicted molar refractivity (Wildman–Crippen MR) is 92.6 cm³/mol. The molecule has 1 heteroatoms. The molecule has 0 fully saturated rings. The summed E-state index contributed by atoms with van der Waals surface area (Å²) in [4.78, 5) is 3.53. The van der Waals surface area contributed by atoms with Gasteiger partial charge >= 0.3 is 0 Å². The summed E-state index contributed by atoms with van der Waals surface area (Å²) < 4.78 is 0. The number of hydrogen-bond acceptors (Lipinski definition) is 0. The number of H-pyrrole nitrogens is 1. The Bertz CT molecular complexity index is 996. The van der Waals surface area contributed by atoms with Crippen molar-refractivity contribution in [3.63, 3.8) is 0 Å². The second-order valence-corrected chi connectivity index (χ2v) is 6.71. The van der Waals surface area contributed by atoms with Crippen LogP contribution in [-0.4, -0.2) is 4.98 Å². The Morgan fingerprint density at radius 2 is 1.86 bits per heavy atom. The molecule has 2 aliphatic carbocycles. The fourth-order valence-corrected chi connectivity index (χ4v) is 3.99. The molecule has 0 aliphatic heterocycles. The second kappa shape index (κ2) is 3.76. The van der Waals surface area contributed by atoms with Crippen LogP contribution >= 0.6 is 0 Å². The Balaban J connectivity index is 1.90. The van der Waals surface area contributed by atoms with Gasteiger partial charge in [-0.25, -0.2) is 0 Å². The summed E-state index contributed by atoms with van der Waals surface area (Å²) >= 11 is 0. The topological polar surface area (TPSA) is 15.8 Å². The summed E-state index contributed by atoms with van der Waals surface area (Å²) in [5.74, 6) is 0. The molecular formula is C21H16N+. The van der Waals surface area contributed by atoms with E-state index in [4.69, 9.17) is 0 Å². The number of aromatic amines is 1. The lowest BCUT2D eigenvalue weighted by Gasteiger charge is -2.21. The molecule has 0 unspecified atom stereocenters. The minimum Gasteiger partial charge on any atom is -0.301 e. The van der Waals surface area contributed by atoms with E-state index in [9.17, 15) is 0 Å². The molecule has 0 saturated heterocycles. The van der Waals surface area contributed by atoms with Crippen LogP contribution in [0.4, 0.5) is 0 Å². The highest BCUT2D eigenvalue weighted by molar-refractivity contribution is 5.99. The van der Waals surface area contributed by atoms with E-state index in [2.05, 4.69) is 67.4 Å². The molecule has 0 atom stereocenters. The van der Waals surface area contributed by atoms with Gasteiger partial charge in [0, 0.05) is 16.9 Å². The molecule has 22 heavy (non-hydrogen) atoms. The van der Waals surface area contributed by atoms with E-state index in [-0.39, 0.29) is 5.41 Å². The zero-order valence-electron chi connectivity index (χ0n) is 12.7. The fraction of sp³-hybridized carbons (Fsp3) is 0.143. The van der Waals surface area contributed by atoms with Crippen molar-refractivity contribution >= 4 is 23.1 Å². The van der Waals surface area contributed by atoms with Gasteiger partial charge in [-0.3, -0.25) is 0 Å². The Morgan fingerprint density at radius 1 is 1.00 bits per heavy atom. The van der Waals surface area contributed by atoms with Gasteiger partial charge in [0.1, 0.15) is 17.7 Å². The molecule has 1 aromatic heterocycles.